The number of hydrogen-bond donors (Lipinski definition) is 2. The first-order valence-corrected chi connectivity index (χ1v) is 5.51. The van der Waals surface area contributed by atoms with Crippen LogP contribution in [-0.4, -0.2) is 15.9 Å². The zero-order valence-corrected chi connectivity index (χ0v) is 10.0. The number of aromatic hydroxyl groups is 1. The van der Waals surface area contributed by atoms with Gasteiger partial charge in [0.2, 0.25) is 5.82 Å². The molecule has 0 aromatic heterocycles. The van der Waals surface area contributed by atoms with Gasteiger partial charge in [-0.25, -0.2) is 0 Å². The van der Waals surface area contributed by atoms with E-state index in [4.69, 9.17) is 0 Å². The fourth-order valence-corrected chi connectivity index (χ4v) is 1.58. The van der Waals surface area contributed by atoms with Gasteiger partial charge in [-0.1, -0.05) is 6.07 Å². The Kier molecular flexibility index (Phi) is 3.60. The second kappa shape index (κ2) is 5.35. The first-order valence-electron chi connectivity index (χ1n) is 5.51. The minimum atomic E-state index is -1.04. The smallest absolute Gasteiger partial charge is 0.304 e. The van der Waals surface area contributed by atoms with Crippen molar-refractivity contribution in [1.82, 2.24) is 0 Å². The van der Waals surface area contributed by atoms with Crippen molar-refractivity contribution in [1.29, 1.82) is 0 Å². The van der Waals surface area contributed by atoms with E-state index in [9.17, 15) is 24.4 Å². The molecule has 102 valence electrons. The van der Waals surface area contributed by atoms with E-state index in [1.165, 1.54) is 30.3 Å². The monoisotopic (exact) mass is 276 g/mol. The number of carbonyl (C=O) groups excluding carboxylic acids is 1. The summed E-state index contributed by atoms with van der Waals surface area (Å²) in [6.45, 7) is 0. The molecule has 2 aromatic carbocycles. The number of rotatable bonds is 3. The van der Waals surface area contributed by atoms with Crippen LogP contribution in [0.25, 0.3) is 0 Å². The quantitative estimate of drug-likeness (QED) is 0.665. The van der Waals surface area contributed by atoms with E-state index in [0.29, 0.717) is 0 Å². The van der Waals surface area contributed by atoms with Crippen molar-refractivity contribution in [3.8, 4) is 5.75 Å². The van der Waals surface area contributed by atoms with Gasteiger partial charge in [-0.05, 0) is 24.3 Å². The van der Waals surface area contributed by atoms with Crippen molar-refractivity contribution in [3.05, 3.63) is 64.0 Å². The summed E-state index contributed by atoms with van der Waals surface area (Å²) in [6, 6.07) is 8.66. The minimum absolute atomic E-state index is 0.0764. The Morgan fingerprint density at radius 2 is 2.00 bits per heavy atom. The molecule has 0 aliphatic carbocycles. The molecule has 0 bridgehead atoms. The Bertz CT molecular complexity index is 688. The molecular formula is C13H9FN2O4. The number of phenolic OH excluding ortho intramolecular Hbond substituents is 1. The van der Waals surface area contributed by atoms with Crippen LogP contribution >= 0.6 is 0 Å². The molecule has 0 unspecified atom stereocenters. The number of amides is 1. The second-order valence-electron chi connectivity index (χ2n) is 3.93. The number of nitrogens with one attached hydrogen (secondary N) is 1. The number of carbonyl (C=O) groups is 1. The molecule has 0 atom stereocenters. The Morgan fingerprint density at radius 3 is 2.60 bits per heavy atom. The lowest BCUT2D eigenvalue weighted by molar-refractivity contribution is -0.387. The van der Waals surface area contributed by atoms with E-state index < -0.39 is 22.3 Å². The van der Waals surface area contributed by atoms with E-state index in [-0.39, 0.29) is 17.0 Å². The molecule has 0 aliphatic rings. The van der Waals surface area contributed by atoms with Gasteiger partial charge in [-0.2, -0.15) is 4.39 Å². The summed E-state index contributed by atoms with van der Waals surface area (Å²) in [7, 11) is 0. The molecule has 20 heavy (non-hydrogen) atoms. The number of nitro benzene ring substituents is 1. The summed E-state index contributed by atoms with van der Waals surface area (Å²) < 4.78 is 13.4. The SMILES string of the molecule is O=C(Nc1ccc([N+](=O)[O-])c(F)c1)c1cccc(O)c1. The molecule has 0 aliphatic heterocycles. The van der Waals surface area contributed by atoms with Crippen molar-refractivity contribution < 1.29 is 19.2 Å². The number of nitro groups is 1. The normalized spacial score (nSPS) is 10.1. The van der Waals surface area contributed by atoms with Crippen LogP contribution in [0.1, 0.15) is 10.4 Å². The van der Waals surface area contributed by atoms with Gasteiger partial charge < -0.3 is 10.4 Å². The number of hydrogen-bond acceptors (Lipinski definition) is 4. The maximum absolute atomic E-state index is 13.4. The molecule has 0 radical (unpaired) electrons. The van der Waals surface area contributed by atoms with Gasteiger partial charge in [0.25, 0.3) is 5.91 Å². The lowest BCUT2D eigenvalue weighted by Crippen LogP contribution is -2.12. The molecule has 1 amide bonds. The third-order valence-electron chi connectivity index (χ3n) is 2.51. The molecule has 2 aromatic rings. The van der Waals surface area contributed by atoms with Crippen LogP contribution in [0.5, 0.6) is 5.75 Å². The zero-order valence-electron chi connectivity index (χ0n) is 10.0. The summed E-state index contributed by atoms with van der Waals surface area (Å²) in [5.41, 5.74) is -0.398. The van der Waals surface area contributed by atoms with Gasteiger partial charge in [0.1, 0.15) is 5.75 Å². The average Bonchev–Trinajstić information content (AvgIpc) is 2.38. The van der Waals surface area contributed by atoms with Gasteiger partial charge in [0.15, 0.2) is 0 Å². The van der Waals surface area contributed by atoms with E-state index in [1.54, 1.807) is 0 Å². The topological polar surface area (TPSA) is 92.5 Å². The van der Waals surface area contributed by atoms with E-state index in [2.05, 4.69) is 5.32 Å². The Morgan fingerprint density at radius 1 is 1.25 bits per heavy atom. The summed E-state index contributed by atoms with van der Waals surface area (Å²) in [4.78, 5) is 21.4. The number of halogens is 1. The van der Waals surface area contributed by atoms with Crippen molar-refractivity contribution in [3.63, 3.8) is 0 Å². The van der Waals surface area contributed by atoms with E-state index >= 15 is 0 Å². The molecule has 0 saturated carbocycles. The van der Waals surface area contributed by atoms with Gasteiger partial charge in [0, 0.05) is 23.4 Å². The minimum Gasteiger partial charge on any atom is -0.508 e. The molecule has 7 heteroatoms. The van der Waals surface area contributed by atoms with Crippen LogP contribution in [0.2, 0.25) is 0 Å². The summed E-state index contributed by atoms with van der Waals surface area (Å²) in [5.74, 6) is -1.68. The average molecular weight is 276 g/mol. The highest BCUT2D eigenvalue weighted by molar-refractivity contribution is 6.04. The van der Waals surface area contributed by atoms with Crippen molar-refractivity contribution in [2.24, 2.45) is 0 Å². The lowest BCUT2D eigenvalue weighted by atomic mass is 10.2. The first kappa shape index (κ1) is 13.5. The van der Waals surface area contributed by atoms with Crippen molar-refractivity contribution in [2.75, 3.05) is 5.32 Å². The molecule has 2 N–H and O–H groups in total. The van der Waals surface area contributed by atoms with Crippen LogP contribution in [0, 0.1) is 15.9 Å². The van der Waals surface area contributed by atoms with Gasteiger partial charge in [-0.15, -0.1) is 0 Å². The number of nitrogens with zero attached hydrogens (tertiary/aromatic N) is 1. The van der Waals surface area contributed by atoms with Crippen LogP contribution in [0.4, 0.5) is 15.8 Å². The number of phenols is 1. The molecule has 0 fully saturated rings. The van der Waals surface area contributed by atoms with Crippen LogP contribution < -0.4 is 5.32 Å². The van der Waals surface area contributed by atoms with Gasteiger partial charge >= 0.3 is 5.69 Å². The van der Waals surface area contributed by atoms with Crippen LogP contribution in [-0.2, 0) is 0 Å². The first-order chi connectivity index (χ1) is 9.47. The third-order valence-corrected chi connectivity index (χ3v) is 2.51. The third kappa shape index (κ3) is 2.89. The predicted molar refractivity (Wildman–Crippen MR) is 69.1 cm³/mol. The summed E-state index contributed by atoms with van der Waals surface area (Å²) in [6.07, 6.45) is 0. The molecule has 0 spiro atoms. The summed E-state index contributed by atoms with van der Waals surface area (Å²) in [5, 5.41) is 22.1. The fourth-order valence-electron chi connectivity index (χ4n) is 1.58. The van der Waals surface area contributed by atoms with E-state index in [1.807, 2.05) is 0 Å². The van der Waals surface area contributed by atoms with Crippen molar-refractivity contribution >= 4 is 17.3 Å². The van der Waals surface area contributed by atoms with Gasteiger partial charge in [-0.3, -0.25) is 14.9 Å². The maximum atomic E-state index is 13.4. The predicted octanol–water partition coefficient (Wildman–Crippen LogP) is 2.69. The lowest BCUT2D eigenvalue weighted by Gasteiger charge is -2.05. The molecule has 0 saturated heterocycles. The Labute approximate surface area is 112 Å². The van der Waals surface area contributed by atoms with Gasteiger partial charge in [0.05, 0.1) is 4.92 Å². The molecular weight excluding hydrogens is 267 g/mol. The molecule has 0 heterocycles. The Balaban J connectivity index is 2.20. The highest BCUT2D eigenvalue weighted by Gasteiger charge is 2.15. The van der Waals surface area contributed by atoms with Crippen LogP contribution in [0.15, 0.2) is 42.5 Å². The highest BCUT2D eigenvalue weighted by Crippen LogP contribution is 2.21. The molecule has 6 nitrogen and oxygen atoms in total. The van der Waals surface area contributed by atoms with Crippen LogP contribution in [0.3, 0.4) is 0 Å². The zero-order chi connectivity index (χ0) is 14.7. The standard InChI is InChI=1S/C13H9FN2O4/c14-11-7-9(4-5-12(11)16(19)20)15-13(18)8-2-1-3-10(17)6-8/h1-7,17H,(H,15,18). The summed E-state index contributed by atoms with van der Waals surface area (Å²) >= 11 is 0. The van der Waals surface area contributed by atoms with E-state index in [0.717, 1.165) is 12.1 Å². The fraction of sp³-hybridized carbons (Fsp3) is 0. The number of anilines is 1. The second-order valence-corrected chi connectivity index (χ2v) is 3.93. The number of benzene rings is 2. The highest BCUT2D eigenvalue weighted by atomic mass is 19.1. The molecule has 2 rings (SSSR count). The Hall–Kier alpha value is -2.96. The van der Waals surface area contributed by atoms with Crippen molar-refractivity contribution in [2.45, 2.75) is 0 Å². The maximum Gasteiger partial charge on any atom is 0.304 e. The largest absolute Gasteiger partial charge is 0.508 e.